The fourth-order valence-corrected chi connectivity index (χ4v) is 2.68. The summed E-state index contributed by atoms with van der Waals surface area (Å²) in [7, 11) is 0. The minimum Gasteiger partial charge on any atom is -0.388 e. The van der Waals surface area contributed by atoms with Crippen molar-refractivity contribution >= 4 is 0 Å². The number of aryl methyl sites for hydroxylation is 2. The molecule has 104 valence electrons. The van der Waals surface area contributed by atoms with Gasteiger partial charge in [0.15, 0.2) is 0 Å². The van der Waals surface area contributed by atoms with E-state index in [-0.39, 0.29) is 0 Å². The average molecular weight is 266 g/mol. The molecule has 0 spiro atoms. The largest absolute Gasteiger partial charge is 0.388 e. The summed E-state index contributed by atoms with van der Waals surface area (Å²) >= 11 is 0. The van der Waals surface area contributed by atoms with Gasteiger partial charge in [-0.3, -0.25) is 0 Å². The number of aliphatic hydroxyl groups is 1. The van der Waals surface area contributed by atoms with Crippen molar-refractivity contribution in [3.05, 3.63) is 70.3 Å². The fourth-order valence-electron chi connectivity index (χ4n) is 2.68. The zero-order chi connectivity index (χ0) is 14.1. The zero-order valence-electron chi connectivity index (χ0n) is 12.3. The maximum absolute atomic E-state index is 10.4. The molecular weight excluding hydrogens is 244 g/mol. The molecule has 1 unspecified atom stereocenters. The molecule has 1 aliphatic rings. The molecule has 1 nitrogen and oxygen atoms in total. The summed E-state index contributed by atoms with van der Waals surface area (Å²) in [6.45, 7) is 4.24. The van der Waals surface area contributed by atoms with Gasteiger partial charge in [0.25, 0.3) is 0 Å². The summed E-state index contributed by atoms with van der Waals surface area (Å²) in [5, 5.41) is 10.4. The van der Waals surface area contributed by atoms with Crippen molar-refractivity contribution in [2.75, 3.05) is 0 Å². The van der Waals surface area contributed by atoms with Gasteiger partial charge in [-0.2, -0.15) is 0 Å². The van der Waals surface area contributed by atoms with Gasteiger partial charge in [-0.1, -0.05) is 42.5 Å². The van der Waals surface area contributed by atoms with Gasteiger partial charge in [0.1, 0.15) is 0 Å². The van der Waals surface area contributed by atoms with Gasteiger partial charge < -0.3 is 5.11 Å². The quantitative estimate of drug-likeness (QED) is 0.866. The van der Waals surface area contributed by atoms with Crippen LogP contribution in [0.15, 0.2) is 42.5 Å². The zero-order valence-corrected chi connectivity index (χ0v) is 12.3. The van der Waals surface area contributed by atoms with Crippen molar-refractivity contribution in [1.82, 2.24) is 0 Å². The Morgan fingerprint density at radius 1 is 1.00 bits per heavy atom. The molecule has 2 aromatic carbocycles. The van der Waals surface area contributed by atoms with Crippen molar-refractivity contribution in [1.29, 1.82) is 0 Å². The van der Waals surface area contributed by atoms with E-state index in [0.29, 0.717) is 6.42 Å². The third-order valence-electron chi connectivity index (χ3n) is 4.37. The van der Waals surface area contributed by atoms with Crippen molar-refractivity contribution in [2.45, 2.75) is 45.1 Å². The van der Waals surface area contributed by atoms with Crippen LogP contribution in [0.2, 0.25) is 0 Å². The minimum absolute atomic E-state index is 0.412. The molecule has 1 heteroatoms. The lowest BCUT2D eigenvalue weighted by atomic mass is 9.97. The molecule has 2 aromatic rings. The first-order chi connectivity index (χ1) is 9.63. The SMILES string of the molecule is Cc1ccc(CC(O)c2ccc(C3CC3)cc2)cc1C. The van der Waals surface area contributed by atoms with Gasteiger partial charge in [-0.05, 0) is 60.4 Å². The first kappa shape index (κ1) is 13.4. The van der Waals surface area contributed by atoms with Gasteiger partial charge in [0, 0.05) is 6.42 Å². The van der Waals surface area contributed by atoms with E-state index in [1.54, 1.807) is 0 Å². The second-order valence-electron chi connectivity index (χ2n) is 6.08. The molecule has 0 aromatic heterocycles. The Bertz CT molecular complexity index is 594. The molecule has 20 heavy (non-hydrogen) atoms. The highest BCUT2D eigenvalue weighted by molar-refractivity contribution is 5.33. The molecule has 1 saturated carbocycles. The van der Waals surface area contributed by atoms with Crippen LogP contribution in [-0.4, -0.2) is 5.11 Å². The normalized spacial score (nSPS) is 16.1. The number of hydrogen-bond donors (Lipinski definition) is 1. The third kappa shape index (κ3) is 2.94. The molecule has 1 atom stereocenters. The van der Waals surface area contributed by atoms with E-state index in [2.05, 4.69) is 56.3 Å². The maximum Gasteiger partial charge on any atom is 0.0830 e. The molecule has 3 rings (SSSR count). The fraction of sp³-hybridized carbons (Fsp3) is 0.368. The number of aliphatic hydroxyl groups excluding tert-OH is 1. The molecule has 1 aliphatic carbocycles. The highest BCUT2D eigenvalue weighted by Crippen LogP contribution is 2.40. The Kier molecular flexibility index (Phi) is 3.62. The smallest absolute Gasteiger partial charge is 0.0830 e. The van der Waals surface area contributed by atoms with Crippen molar-refractivity contribution < 1.29 is 5.11 Å². The number of hydrogen-bond acceptors (Lipinski definition) is 1. The topological polar surface area (TPSA) is 20.2 Å². The first-order valence-electron chi connectivity index (χ1n) is 7.47. The molecule has 0 heterocycles. The molecule has 0 radical (unpaired) electrons. The van der Waals surface area contributed by atoms with E-state index >= 15 is 0 Å². The van der Waals surface area contributed by atoms with Gasteiger partial charge >= 0.3 is 0 Å². The second-order valence-corrected chi connectivity index (χ2v) is 6.08. The summed E-state index contributed by atoms with van der Waals surface area (Å²) in [6, 6.07) is 14.9. The van der Waals surface area contributed by atoms with Gasteiger partial charge in [-0.25, -0.2) is 0 Å². The van der Waals surface area contributed by atoms with Gasteiger partial charge in [0.2, 0.25) is 0 Å². The first-order valence-corrected chi connectivity index (χ1v) is 7.47. The molecule has 0 saturated heterocycles. The Morgan fingerprint density at radius 2 is 1.70 bits per heavy atom. The van der Waals surface area contributed by atoms with E-state index in [1.807, 2.05) is 0 Å². The molecule has 1 fully saturated rings. The lowest BCUT2D eigenvalue weighted by Crippen LogP contribution is -2.02. The number of benzene rings is 2. The lowest BCUT2D eigenvalue weighted by Gasteiger charge is -2.13. The maximum atomic E-state index is 10.4. The Hall–Kier alpha value is -1.60. The van der Waals surface area contributed by atoms with Crippen LogP contribution in [0.3, 0.4) is 0 Å². The van der Waals surface area contributed by atoms with Crippen LogP contribution in [0.4, 0.5) is 0 Å². The Morgan fingerprint density at radius 3 is 2.30 bits per heavy atom. The van der Waals surface area contributed by atoms with Gasteiger partial charge in [-0.15, -0.1) is 0 Å². The van der Waals surface area contributed by atoms with E-state index in [9.17, 15) is 5.11 Å². The highest BCUT2D eigenvalue weighted by Gasteiger charge is 2.23. The van der Waals surface area contributed by atoms with Crippen LogP contribution in [0.5, 0.6) is 0 Å². The van der Waals surface area contributed by atoms with Crippen LogP contribution in [0, 0.1) is 13.8 Å². The molecule has 0 bridgehead atoms. The predicted octanol–water partition coefficient (Wildman–Crippen LogP) is 4.46. The van der Waals surface area contributed by atoms with Gasteiger partial charge in [0.05, 0.1) is 6.10 Å². The Labute approximate surface area is 121 Å². The second kappa shape index (κ2) is 5.41. The van der Waals surface area contributed by atoms with Crippen LogP contribution in [0.25, 0.3) is 0 Å². The van der Waals surface area contributed by atoms with Crippen molar-refractivity contribution in [3.8, 4) is 0 Å². The van der Waals surface area contributed by atoms with Crippen LogP contribution < -0.4 is 0 Å². The molecule has 0 amide bonds. The van der Waals surface area contributed by atoms with Crippen LogP contribution >= 0.6 is 0 Å². The highest BCUT2D eigenvalue weighted by atomic mass is 16.3. The van der Waals surface area contributed by atoms with E-state index in [0.717, 1.165) is 11.5 Å². The molecule has 0 aliphatic heterocycles. The van der Waals surface area contributed by atoms with Crippen molar-refractivity contribution in [3.63, 3.8) is 0 Å². The third-order valence-corrected chi connectivity index (χ3v) is 4.37. The summed E-state index contributed by atoms with van der Waals surface area (Å²) in [4.78, 5) is 0. The van der Waals surface area contributed by atoms with Crippen LogP contribution in [0.1, 0.15) is 52.7 Å². The number of rotatable bonds is 4. The molecular formula is C19H22O. The standard InChI is InChI=1S/C19H22O/c1-13-3-4-15(11-14(13)2)12-19(20)18-9-7-17(8-10-18)16-5-6-16/h3-4,7-11,16,19-20H,5-6,12H2,1-2H3. The summed E-state index contributed by atoms with van der Waals surface area (Å²) in [5.41, 5.74) is 6.24. The minimum atomic E-state index is -0.412. The van der Waals surface area contributed by atoms with Crippen molar-refractivity contribution in [2.24, 2.45) is 0 Å². The summed E-state index contributed by atoms with van der Waals surface area (Å²) in [6.07, 6.45) is 2.92. The van der Waals surface area contributed by atoms with E-state index in [1.165, 1.54) is 35.1 Å². The predicted molar refractivity (Wildman–Crippen MR) is 83.0 cm³/mol. The van der Waals surface area contributed by atoms with E-state index in [4.69, 9.17) is 0 Å². The monoisotopic (exact) mass is 266 g/mol. The summed E-state index contributed by atoms with van der Waals surface area (Å²) < 4.78 is 0. The summed E-state index contributed by atoms with van der Waals surface area (Å²) in [5.74, 6) is 0.779. The molecule has 1 N–H and O–H groups in total. The van der Waals surface area contributed by atoms with Crippen LogP contribution in [-0.2, 0) is 6.42 Å². The average Bonchev–Trinajstić information content (AvgIpc) is 3.28. The van der Waals surface area contributed by atoms with E-state index < -0.39 is 6.10 Å². The Balaban J connectivity index is 1.71. The lowest BCUT2D eigenvalue weighted by molar-refractivity contribution is 0.178.